The van der Waals surface area contributed by atoms with Gasteiger partial charge in [0.2, 0.25) is 0 Å². The zero-order valence-electron chi connectivity index (χ0n) is 13.3. The Bertz CT molecular complexity index is 291. The maximum absolute atomic E-state index is 4.25. The van der Waals surface area contributed by atoms with E-state index in [2.05, 4.69) is 66.3 Å². The van der Waals surface area contributed by atoms with Crippen LogP contribution in [0.1, 0.15) is 60.8 Å². The van der Waals surface area contributed by atoms with Crippen molar-refractivity contribution in [3.63, 3.8) is 0 Å². The summed E-state index contributed by atoms with van der Waals surface area (Å²) < 4.78 is 0. The van der Waals surface area contributed by atoms with Crippen molar-refractivity contribution in [1.82, 2.24) is 0 Å². The van der Waals surface area contributed by atoms with Crippen molar-refractivity contribution in [1.29, 1.82) is 0 Å². The average molecular weight is 248 g/mol. The van der Waals surface area contributed by atoms with Crippen LogP contribution in [-0.2, 0) is 0 Å². The van der Waals surface area contributed by atoms with Gasteiger partial charge in [-0.25, -0.2) is 0 Å². The van der Waals surface area contributed by atoms with E-state index in [0.29, 0.717) is 17.8 Å². The van der Waals surface area contributed by atoms with Crippen LogP contribution < -0.4 is 0 Å². The molecule has 0 saturated heterocycles. The van der Waals surface area contributed by atoms with Crippen molar-refractivity contribution in [3.8, 4) is 0 Å². The topological polar surface area (TPSA) is 0 Å². The Morgan fingerprint density at radius 2 is 1.78 bits per heavy atom. The minimum atomic E-state index is 0.592. The van der Waals surface area contributed by atoms with Crippen molar-refractivity contribution in [3.05, 3.63) is 36.0 Å². The minimum absolute atomic E-state index is 0.592. The summed E-state index contributed by atoms with van der Waals surface area (Å²) in [6.07, 6.45) is 10.5. The summed E-state index contributed by atoms with van der Waals surface area (Å²) in [5.74, 6) is 1.86. The molecule has 0 rings (SSSR count). The maximum Gasteiger partial charge on any atom is -0.0146 e. The molecular weight excluding hydrogens is 216 g/mol. The smallest absolute Gasteiger partial charge is 0.0146 e. The number of rotatable bonds is 8. The van der Waals surface area contributed by atoms with E-state index in [1.165, 1.54) is 24.0 Å². The molecule has 0 heteroatoms. The summed E-state index contributed by atoms with van der Waals surface area (Å²) in [6.45, 7) is 17.7. The van der Waals surface area contributed by atoms with E-state index < -0.39 is 0 Å². The molecule has 0 aromatic rings. The third-order valence-corrected chi connectivity index (χ3v) is 3.48. The van der Waals surface area contributed by atoms with Gasteiger partial charge in [0.05, 0.1) is 0 Å². The zero-order chi connectivity index (χ0) is 14.1. The van der Waals surface area contributed by atoms with Crippen LogP contribution in [0.15, 0.2) is 36.0 Å². The Kier molecular flexibility index (Phi) is 8.79. The van der Waals surface area contributed by atoms with Crippen LogP contribution in [-0.4, -0.2) is 0 Å². The van der Waals surface area contributed by atoms with Gasteiger partial charge in [-0.15, -0.1) is 0 Å². The third-order valence-electron chi connectivity index (χ3n) is 3.48. The molecule has 0 N–H and O–H groups in total. The third kappa shape index (κ3) is 6.83. The van der Waals surface area contributed by atoms with Crippen molar-refractivity contribution in [2.75, 3.05) is 0 Å². The first-order chi connectivity index (χ1) is 8.42. The lowest BCUT2D eigenvalue weighted by molar-refractivity contribution is 0.438. The van der Waals surface area contributed by atoms with Crippen molar-refractivity contribution in [2.24, 2.45) is 17.8 Å². The second-order valence-corrected chi connectivity index (χ2v) is 5.78. The van der Waals surface area contributed by atoms with Gasteiger partial charge in [0, 0.05) is 0 Å². The fraction of sp³-hybridized carbons (Fsp3) is 0.667. The van der Waals surface area contributed by atoms with E-state index in [4.69, 9.17) is 0 Å². The lowest BCUT2D eigenvalue weighted by atomic mass is 9.82. The van der Waals surface area contributed by atoms with E-state index in [1.807, 2.05) is 0 Å². The van der Waals surface area contributed by atoms with Crippen LogP contribution in [0.5, 0.6) is 0 Å². The highest BCUT2D eigenvalue weighted by Crippen LogP contribution is 2.28. The Morgan fingerprint density at radius 1 is 1.17 bits per heavy atom. The summed E-state index contributed by atoms with van der Waals surface area (Å²) in [4.78, 5) is 0. The quantitative estimate of drug-likeness (QED) is 0.356. The van der Waals surface area contributed by atoms with Crippen LogP contribution in [0.25, 0.3) is 0 Å². The van der Waals surface area contributed by atoms with Gasteiger partial charge in [-0.3, -0.25) is 0 Å². The van der Waals surface area contributed by atoms with E-state index in [9.17, 15) is 0 Å². The van der Waals surface area contributed by atoms with Gasteiger partial charge in [0.15, 0.2) is 0 Å². The Hall–Kier alpha value is -0.780. The molecule has 0 aliphatic heterocycles. The van der Waals surface area contributed by atoms with Crippen LogP contribution in [0, 0.1) is 17.8 Å². The van der Waals surface area contributed by atoms with Crippen molar-refractivity contribution >= 4 is 0 Å². The van der Waals surface area contributed by atoms with E-state index in [-0.39, 0.29) is 0 Å². The molecule has 18 heavy (non-hydrogen) atoms. The summed E-state index contributed by atoms with van der Waals surface area (Å²) in [5, 5.41) is 0. The lowest BCUT2D eigenvalue weighted by Gasteiger charge is -2.23. The van der Waals surface area contributed by atoms with Gasteiger partial charge in [-0.05, 0) is 37.5 Å². The molecule has 0 saturated carbocycles. The van der Waals surface area contributed by atoms with Gasteiger partial charge in [0.25, 0.3) is 0 Å². The normalized spacial score (nSPS) is 16.3. The fourth-order valence-electron chi connectivity index (χ4n) is 2.34. The second-order valence-electron chi connectivity index (χ2n) is 5.78. The molecule has 0 nitrogen and oxygen atoms in total. The first kappa shape index (κ1) is 17.2. The molecule has 0 aromatic heterocycles. The molecule has 0 radical (unpaired) electrons. The van der Waals surface area contributed by atoms with Gasteiger partial charge < -0.3 is 0 Å². The molecule has 0 aliphatic rings. The fourth-order valence-corrected chi connectivity index (χ4v) is 2.34. The summed E-state index contributed by atoms with van der Waals surface area (Å²) in [6, 6.07) is 0. The summed E-state index contributed by atoms with van der Waals surface area (Å²) in [7, 11) is 0. The average Bonchev–Trinajstić information content (AvgIpc) is 2.32. The largest absolute Gasteiger partial charge is 0.0996 e. The zero-order valence-corrected chi connectivity index (χ0v) is 13.3. The van der Waals surface area contributed by atoms with Crippen LogP contribution in [0.4, 0.5) is 0 Å². The van der Waals surface area contributed by atoms with Crippen LogP contribution in [0.2, 0.25) is 0 Å². The molecule has 2 unspecified atom stereocenters. The van der Waals surface area contributed by atoms with Gasteiger partial charge in [0.1, 0.15) is 0 Å². The number of allylic oxidation sites excluding steroid dienone is 5. The predicted octanol–water partition coefficient (Wildman–Crippen LogP) is 6.16. The summed E-state index contributed by atoms with van der Waals surface area (Å²) >= 11 is 0. The summed E-state index contributed by atoms with van der Waals surface area (Å²) in [5.41, 5.74) is 2.78. The molecule has 0 aliphatic carbocycles. The molecule has 0 bridgehead atoms. The van der Waals surface area contributed by atoms with Crippen LogP contribution >= 0.6 is 0 Å². The minimum Gasteiger partial charge on any atom is -0.0996 e. The lowest BCUT2D eigenvalue weighted by Crippen LogP contribution is -2.12. The second kappa shape index (κ2) is 9.19. The Balaban J connectivity index is 4.71. The predicted molar refractivity (Wildman–Crippen MR) is 84.7 cm³/mol. The van der Waals surface area contributed by atoms with E-state index in [0.717, 1.165) is 6.42 Å². The van der Waals surface area contributed by atoms with Crippen molar-refractivity contribution in [2.45, 2.75) is 60.8 Å². The van der Waals surface area contributed by atoms with E-state index in [1.54, 1.807) is 0 Å². The first-order valence-electron chi connectivity index (χ1n) is 7.46. The highest BCUT2D eigenvalue weighted by Gasteiger charge is 2.16. The molecule has 0 fully saturated rings. The number of hydrogen-bond acceptors (Lipinski definition) is 0. The molecule has 0 heterocycles. The van der Waals surface area contributed by atoms with Gasteiger partial charge in [-0.1, -0.05) is 77.0 Å². The molecule has 0 spiro atoms. The molecule has 0 aromatic carbocycles. The van der Waals surface area contributed by atoms with Gasteiger partial charge >= 0.3 is 0 Å². The maximum atomic E-state index is 4.25. The first-order valence-corrected chi connectivity index (χ1v) is 7.46. The standard InChI is InChI=1S/C18H32/c1-8-10-18(16(6)9-2)17(7)13-15(5)12-11-14(3)4/h11-14,17-18H,6,8-10H2,1-5,7H3. The Morgan fingerprint density at radius 3 is 2.22 bits per heavy atom. The van der Waals surface area contributed by atoms with Gasteiger partial charge in [-0.2, -0.15) is 0 Å². The molecule has 2 atom stereocenters. The number of hydrogen-bond donors (Lipinski definition) is 0. The Labute approximate surface area is 115 Å². The molecule has 0 amide bonds. The monoisotopic (exact) mass is 248 g/mol. The highest BCUT2D eigenvalue weighted by atomic mass is 14.2. The molecule has 104 valence electrons. The van der Waals surface area contributed by atoms with Crippen LogP contribution in [0.3, 0.4) is 0 Å². The van der Waals surface area contributed by atoms with Crippen molar-refractivity contribution < 1.29 is 0 Å². The highest BCUT2D eigenvalue weighted by molar-refractivity contribution is 5.19. The van der Waals surface area contributed by atoms with E-state index >= 15 is 0 Å². The molecular formula is C18H32. The SMILES string of the molecule is C=C(CC)C(CCC)C(C)C=C(C)C=CC(C)C.